The Kier molecular flexibility index (Phi) is 44.5. The first-order chi connectivity index (χ1) is 69.4. The molecule has 18 rings (SSSR count). The van der Waals surface area contributed by atoms with Crippen molar-refractivity contribution in [2.45, 2.75) is 168 Å². The number of carbonyl (C=O) groups excluding carboxylic acids is 2. The van der Waals surface area contributed by atoms with Crippen LogP contribution in [-0.4, -0.2) is 208 Å². The Morgan fingerprint density at radius 3 is 1.02 bits per heavy atom. The van der Waals surface area contributed by atoms with Gasteiger partial charge in [0.25, 0.3) is 0 Å². The zero-order valence-electron chi connectivity index (χ0n) is 79.7. The third-order valence-electron chi connectivity index (χ3n) is 29.3. The number of hydrogen-bond donors (Lipinski definition) is 4. The highest BCUT2D eigenvalue weighted by Crippen LogP contribution is 2.54. The molecule has 0 spiro atoms. The Bertz CT molecular complexity index is 6620. The second kappa shape index (κ2) is 56.2. The maximum absolute atomic E-state index is 12.9. The zero-order valence-corrected chi connectivity index (χ0v) is 91.1. The Morgan fingerprint density at radius 2 is 0.736 bits per heavy atom. The summed E-state index contributed by atoms with van der Waals surface area (Å²) in [6, 6.07) is 67.0. The van der Waals surface area contributed by atoms with Gasteiger partial charge in [0.15, 0.2) is 0 Å². The Morgan fingerprint density at radius 1 is 0.444 bits per heavy atom. The summed E-state index contributed by atoms with van der Waals surface area (Å²) in [5.74, 6) is 2.24. The molecule has 25 nitrogen and oxygen atoms in total. The molecule has 6 aliphatic heterocycles. The van der Waals surface area contributed by atoms with E-state index in [0.717, 1.165) is 234 Å². The number of nitrogens with zero attached hydrogens (tertiary/aromatic N) is 12. The van der Waals surface area contributed by atoms with E-state index < -0.39 is 63.8 Å². The second-order valence-corrected chi connectivity index (χ2v) is 59.0. The number of halogens is 1. The van der Waals surface area contributed by atoms with E-state index in [2.05, 4.69) is 132 Å². The molecule has 1 amide bonds. The third-order valence-corrected chi connectivity index (χ3v) is 52.4. The zero-order chi connectivity index (χ0) is 101. The molecular weight excluding hydrogens is 2090 g/mol. The average molecular weight is 2220 g/mol. The largest absolute Gasteiger partial charge is 0.446 e. The van der Waals surface area contributed by atoms with Gasteiger partial charge in [-0.25, -0.2) is 44.2 Å². The van der Waals surface area contributed by atoms with Crippen molar-refractivity contribution >= 4 is 155 Å². The van der Waals surface area contributed by atoms with E-state index in [9.17, 15) is 60.4 Å². The minimum Gasteiger partial charge on any atom is -0.446 e. The summed E-state index contributed by atoms with van der Waals surface area (Å²) in [5, 5.41) is 59.5. The molecule has 9 aliphatic rings. The number of hydrogen-bond acceptors (Lipinski definition) is 26. The number of piperidine rings is 3. The molecule has 6 aromatic carbocycles. The molecular formula is C104H125FN14O11S14. The highest BCUT2D eigenvalue weighted by Gasteiger charge is 2.56. The van der Waals surface area contributed by atoms with Crippen LogP contribution >= 0.6 is 0 Å². The van der Waals surface area contributed by atoms with Crippen LogP contribution in [0.25, 0.3) is 0 Å². The maximum atomic E-state index is 12.9. The molecule has 4 N–H and O–H groups in total. The number of aliphatic imine (C=N–C) groups is 1. The lowest BCUT2D eigenvalue weighted by Crippen LogP contribution is -2.54. The van der Waals surface area contributed by atoms with Crippen LogP contribution < -0.4 is 20.4 Å². The van der Waals surface area contributed by atoms with Gasteiger partial charge in [-0.3, -0.25) is 15.0 Å². The number of isocyanates is 1. The predicted octanol–water partition coefficient (Wildman–Crippen LogP) is 14.9. The lowest BCUT2D eigenvalue weighted by atomic mass is 9.59. The molecule has 768 valence electrons. The number of amides is 1. The van der Waals surface area contributed by atoms with Crippen LogP contribution in [0.4, 0.5) is 20.6 Å². The van der Waals surface area contributed by atoms with Gasteiger partial charge in [-0.05, 0) is 272 Å². The Labute approximate surface area is 883 Å². The molecule has 3 saturated carbocycles. The number of sulfone groups is 3. The summed E-state index contributed by atoms with van der Waals surface area (Å²) in [6.45, 7) is 15.3. The molecule has 9 fully saturated rings. The average Bonchev–Trinajstić information content (AvgIpc) is 1.41. The highest BCUT2D eigenvalue weighted by molar-refractivity contribution is 8.74. The lowest BCUT2D eigenvalue weighted by Gasteiger charge is -2.47. The number of benzene rings is 6. The summed E-state index contributed by atoms with van der Waals surface area (Å²) in [7, 11) is 6.78. The van der Waals surface area contributed by atoms with Crippen LogP contribution in [0.1, 0.15) is 120 Å². The summed E-state index contributed by atoms with van der Waals surface area (Å²) in [5.41, 5.74) is 3.44. The number of ether oxygens (including phenoxy) is 1. The van der Waals surface area contributed by atoms with Crippen LogP contribution in [0.15, 0.2) is 272 Å². The minimum atomic E-state index is -3.56. The van der Waals surface area contributed by atoms with Crippen molar-refractivity contribution in [2.24, 2.45) is 58.3 Å². The van der Waals surface area contributed by atoms with Gasteiger partial charge in [0.2, 0.25) is 35.6 Å². The first kappa shape index (κ1) is 114. The fourth-order valence-corrected chi connectivity index (χ4v) is 45.2. The number of carbonyl (C=O) groups is 1. The monoisotopic (exact) mass is 2210 g/mol. The van der Waals surface area contributed by atoms with Gasteiger partial charge in [-0.15, -0.1) is 0 Å². The quantitative estimate of drug-likeness (QED) is 0.0248. The number of pyridine rings is 3. The number of alkyl carbamates (subject to hydrolysis) is 1. The standard InChI is InChI=1S/C35H41N5O4S.C33H38N4O3S.C22H31N3O.C11H8FNO2S.C2H3NO.CH4.S11/c1-37-34(41)44-33-9-5-8-32(33)35(25-36,27-6-3-2-4-7-27)28-16-20-39(21-17-28)22-26-23-40(24-26)29-10-12-30(13-11-29)45(42,43)31-14-18-38-19-15-31;34-24-33(26-5-2-1-3-6-26,31-7-4-8-32(31)38)27-15-19-36(20-16-27)21-25-22-37(23-25)28-9-11-29(12-10-28)41(39,40)30-13-17-35-18-14-30;23-16-22(18-5-2-1-3-6-18,20-7-4-8-21(20)26)19-9-11-25(12-10-19)15-17-13-24-14-17;12-9-1-3-10(4-2-9)16(14,15)11-5-7-13-8-6-11;1-3-2-4;;1-3-5-7-9-11-10-8-6-4-2/h2-4,6-7,10-15,18-19,26,28,32-33H,5,8-9,16-17,20-24H2,1H3,(H,37,41);1-3,5-6,9-14,17-18,25,27,31-32,38H,4,7-8,15-16,19-23H2;1-3,5-6,17,19-21,24,26H,4,7-15H2;1-8H;1H3;1H4;/t32-,33-,35?;31-,32-,33?;20-,21-,22?;;;;/m000..../s1. The normalized spacial score (nSPS) is 21.3. The van der Waals surface area contributed by atoms with Crippen LogP contribution in [0, 0.1) is 93.1 Å². The molecule has 3 unspecified atom stereocenters. The van der Waals surface area contributed by atoms with Crippen molar-refractivity contribution in [3.63, 3.8) is 0 Å². The molecule has 9 heterocycles. The fourth-order valence-electron chi connectivity index (χ4n) is 22.2. The first-order valence-electron chi connectivity index (χ1n) is 48.1. The van der Waals surface area contributed by atoms with E-state index >= 15 is 0 Å². The molecule has 6 saturated heterocycles. The number of aliphatic hydroxyl groups excluding tert-OH is 2. The van der Waals surface area contributed by atoms with Crippen molar-refractivity contribution in [2.75, 3.05) is 122 Å². The van der Waals surface area contributed by atoms with E-state index in [1.165, 1.54) is 123 Å². The van der Waals surface area contributed by atoms with E-state index in [1.54, 1.807) is 93.5 Å². The third kappa shape index (κ3) is 28.7. The minimum absolute atomic E-state index is 0. The summed E-state index contributed by atoms with van der Waals surface area (Å²) in [6.07, 6.45) is 22.7. The molecule has 3 aromatic heterocycles. The second-order valence-electron chi connectivity index (χ2n) is 37.2. The molecule has 0 radical (unpaired) electrons. The van der Waals surface area contributed by atoms with Crippen molar-refractivity contribution in [1.29, 1.82) is 15.8 Å². The molecule has 144 heavy (non-hydrogen) atoms. The van der Waals surface area contributed by atoms with Gasteiger partial charge in [0, 0.05) is 253 Å². The Hall–Kier alpha value is -8.55. The van der Waals surface area contributed by atoms with Gasteiger partial charge in [0.1, 0.15) is 11.9 Å². The summed E-state index contributed by atoms with van der Waals surface area (Å²) < 4.78 is 94.1. The molecule has 40 heteroatoms. The van der Waals surface area contributed by atoms with Gasteiger partial charge in [-0.2, -0.15) is 15.8 Å². The number of rotatable bonds is 24. The van der Waals surface area contributed by atoms with E-state index in [1.807, 2.05) is 78.9 Å². The van der Waals surface area contributed by atoms with Crippen molar-refractivity contribution < 1.29 is 54.2 Å². The molecule has 0 bridgehead atoms. The first-order valence-corrected chi connectivity index (χ1v) is 65.9. The number of anilines is 2. The topological polar surface area (TPSA) is 349 Å². The van der Waals surface area contributed by atoms with E-state index in [0.29, 0.717) is 22.6 Å². The number of nitriles is 3. The number of likely N-dealkylation sites (tertiary alicyclic amines) is 3. The number of nitrogens with one attached hydrogen (secondary N) is 2. The fraction of sp³-hybridized carbons (Fsp3) is 0.462. The molecule has 9 atom stereocenters. The van der Waals surface area contributed by atoms with Crippen LogP contribution in [0.3, 0.4) is 0 Å². The molecule has 3 aliphatic carbocycles. The lowest BCUT2D eigenvalue weighted by molar-refractivity contribution is 0.0306. The van der Waals surface area contributed by atoms with E-state index in [-0.39, 0.29) is 73.7 Å². The SMILES string of the molecule is C.CN=C=O.CNC(=O)O[C@H]1CCC[C@@H]1C(C#N)(c1ccccc1)C1CCN(CC2CN(c3ccc(S(=O)(=O)c4ccncc4)cc3)C2)CC1.N#CC(c1ccccc1)(C1CCN(CC2CN(c3ccc(S(=O)(=O)c4ccncc4)cc3)C2)CC1)[C@H]1CCC[C@@H]1O.N#CC(c1ccccc1)(C1CCN(CC2CNC2)CC1)[C@H]1CCC[C@@H]1O.O=S(=O)(c1ccncc1)c1ccc(F)cc1.S=S=S=S=S=S=S=S=S=S=S. The van der Waals surface area contributed by atoms with Gasteiger partial charge in [-0.1, -0.05) is 111 Å². The summed E-state index contributed by atoms with van der Waals surface area (Å²) >= 11 is 9.35. The smallest absolute Gasteiger partial charge is 0.407 e. The van der Waals surface area contributed by atoms with Gasteiger partial charge >= 0.3 is 6.09 Å². The number of aliphatic hydroxyl groups is 2. The van der Waals surface area contributed by atoms with Crippen LogP contribution in [-0.2, 0) is 158 Å². The predicted molar refractivity (Wildman–Crippen MR) is 590 cm³/mol. The van der Waals surface area contributed by atoms with E-state index in [4.69, 9.17) is 9.53 Å². The van der Waals surface area contributed by atoms with Crippen molar-refractivity contribution in [3.8, 4) is 18.2 Å². The highest BCUT2D eigenvalue weighted by atomic mass is 33.4. The maximum Gasteiger partial charge on any atom is 0.407 e. The van der Waals surface area contributed by atoms with Crippen LogP contribution in [0.2, 0.25) is 0 Å². The summed E-state index contributed by atoms with van der Waals surface area (Å²) in [4.78, 5) is 49.1. The van der Waals surface area contributed by atoms with Crippen molar-refractivity contribution in [1.82, 2.24) is 40.3 Å². The van der Waals surface area contributed by atoms with Gasteiger partial charge in [0.05, 0.1) is 76.0 Å². The van der Waals surface area contributed by atoms with Crippen molar-refractivity contribution in [3.05, 3.63) is 260 Å². The molecule has 9 aromatic rings. The number of aromatic nitrogens is 3. The van der Waals surface area contributed by atoms with Gasteiger partial charge < -0.3 is 50.1 Å². The van der Waals surface area contributed by atoms with Crippen LogP contribution in [0.5, 0.6) is 0 Å². The Balaban J connectivity index is 0.000000170.